The normalized spacial score (nSPS) is 12.8. The fourth-order valence-electron chi connectivity index (χ4n) is 0.348. The smallest absolute Gasteiger partial charge is 0.0574 e. The van der Waals surface area contributed by atoms with Crippen LogP contribution in [-0.4, -0.2) is 5.38 Å². The first-order valence-corrected chi connectivity index (χ1v) is 3.02. The van der Waals surface area contributed by atoms with Crippen LogP contribution in [0.25, 0.3) is 0 Å². The maximum Gasteiger partial charge on any atom is 0.0574 e. The van der Waals surface area contributed by atoms with Gasteiger partial charge in [-0.15, -0.1) is 18.2 Å². The first-order valence-electron chi connectivity index (χ1n) is 2.59. The van der Waals surface area contributed by atoms with Crippen LogP contribution < -0.4 is 0 Å². The summed E-state index contributed by atoms with van der Waals surface area (Å²) in [5.41, 5.74) is 1.01. The van der Waals surface area contributed by atoms with Gasteiger partial charge in [0.2, 0.25) is 0 Å². The van der Waals surface area contributed by atoms with E-state index in [-0.39, 0.29) is 5.38 Å². The van der Waals surface area contributed by atoms with Crippen molar-refractivity contribution in [3.63, 3.8) is 0 Å². The van der Waals surface area contributed by atoms with Crippen molar-refractivity contribution in [3.05, 3.63) is 24.8 Å². The van der Waals surface area contributed by atoms with Crippen LogP contribution in [0, 0.1) is 0 Å². The molecule has 0 aliphatic heterocycles. The second-order valence-corrected chi connectivity index (χ2v) is 2.37. The van der Waals surface area contributed by atoms with Gasteiger partial charge in [-0.25, -0.2) is 0 Å². The van der Waals surface area contributed by atoms with E-state index in [2.05, 4.69) is 13.2 Å². The molecule has 0 heterocycles. The molecule has 0 radical (unpaired) electrons. The largest absolute Gasteiger partial charge is 0.118 e. The minimum absolute atomic E-state index is 0.0764. The highest BCUT2D eigenvalue weighted by atomic mass is 35.5. The molecule has 0 aliphatic carbocycles. The number of hydrogen-bond acceptors (Lipinski definition) is 0. The summed E-state index contributed by atoms with van der Waals surface area (Å²) >= 11 is 5.75. The highest BCUT2D eigenvalue weighted by molar-refractivity contribution is 6.22. The average molecular weight is 131 g/mol. The van der Waals surface area contributed by atoms with Gasteiger partial charge >= 0.3 is 0 Å². The number of rotatable bonds is 3. The van der Waals surface area contributed by atoms with Crippen molar-refractivity contribution < 1.29 is 0 Å². The van der Waals surface area contributed by atoms with Gasteiger partial charge in [0, 0.05) is 0 Å². The van der Waals surface area contributed by atoms with Crippen molar-refractivity contribution in [1.82, 2.24) is 0 Å². The summed E-state index contributed by atoms with van der Waals surface area (Å²) in [4.78, 5) is 0. The van der Waals surface area contributed by atoms with Crippen LogP contribution in [-0.2, 0) is 0 Å². The molecule has 0 aliphatic rings. The van der Waals surface area contributed by atoms with Gasteiger partial charge in [0.1, 0.15) is 0 Å². The van der Waals surface area contributed by atoms with Gasteiger partial charge in [-0.1, -0.05) is 18.2 Å². The molecule has 8 heavy (non-hydrogen) atoms. The van der Waals surface area contributed by atoms with Crippen molar-refractivity contribution in [1.29, 1.82) is 0 Å². The molecule has 0 saturated heterocycles. The standard InChI is InChI=1S/C7H11Cl/c1-4-5-7(8)6(2)3/h4,7H,1-2,5H2,3H3. The second-order valence-electron chi connectivity index (χ2n) is 1.84. The van der Waals surface area contributed by atoms with E-state index in [9.17, 15) is 0 Å². The third-order valence-electron chi connectivity index (χ3n) is 0.908. The van der Waals surface area contributed by atoms with Crippen LogP contribution in [0.3, 0.4) is 0 Å². The molecule has 0 saturated carbocycles. The lowest BCUT2D eigenvalue weighted by Crippen LogP contribution is -1.95. The fraction of sp³-hybridized carbons (Fsp3) is 0.429. The van der Waals surface area contributed by atoms with E-state index in [0.29, 0.717) is 0 Å². The first kappa shape index (κ1) is 7.77. The molecule has 0 bridgehead atoms. The lowest BCUT2D eigenvalue weighted by Gasteiger charge is -2.02. The molecule has 1 heteroatoms. The van der Waals surface area contributed by atoms with Crippen molar-refractivity contribution in [2.45, 2.75) is 18.7 Å². The van der Waals surface area contributed by atoms with Crippen LogP contribution >= 0.6 is 11.6 Å². The van der Waals surface area contributed by atoms with Gasteiger partial charge in [-0.05, 0) is 13.3 Å². The zero-order valence-electron chi connectivity index (χ0n) is 5.15. The fourth-order valence-corrected chi connectivity index (χ4v) is 0.474. The van der Waals surface area contributed by atoms with E-state index in [1.165, 1.54) is 0 Å². The van der Waals surface area contributed by atoms with Crippen LogP contribution in [0.4, 0.5) is 0 Å². The number of halogens is 1. The first-order chi connectivity index (χ1) is 3.68. The maximum atomic E-state index is 5.75. The van der Waals surface area contributed by atoms with Crippen molar-refractivity contribution in [2.24, 2.45) is 0 Å². The molecule has 0 rings (SSSR count). The Bertz CT molecular complexity index is 94.6. The van der Waals surface area contributed by atoms with E-state index < -0.39 is 0 Å². The number of alkyl halides is 1. The van der Waals surface area contributed by atoms with Gasteiger partial charge in [0.25, 0.3) is 0 Å². The SMILES string of the molecule is C=CCC(Cl)C(=C)C. The van der Waals surface area contributed by atoms with Crippen LogP contribution in [0.2, 0.25) is 0 Å². The Kier molecular flexibility index (Phi) is 3.63. The number of hydrogen-bond donors (Lipinski definition) is 0. The summed E-state index contributed by atoms with van der Waals surface area (Å²) in [7, 11) is 0. The van der Waals surface area contributed by atoms with Gasteiger partial charge in [-0.2, -0.15) is 0 Å². The van der Waals surface area contributed by atoms with E-state index in [1.54, 1.807) is 6.08 Å². The molecule has 0 nitrogen and oxygen atoms in total. The summed E-state index contributed by atoms with van der Waals surface area (Å²) in [5, 5.41) is 0.0764. The molecule has 0 amide bonds. The van der Waals surface area contributed by atoms with Crippen molar-refractivity contribution in [2.75, 3.05) is 0 Å². The van der Waals surface area contributed by atoms with Crippen molar-refractivity contribution >= 4 is 11.6 Å². The zero-order chi connectivity index (χ0) is 6.57. The maximum absolute atomic E-state index is 5.75. The van der Waals surface area contributed by atoms with Gasteiger partial charge in [0.05, 0.1) is 5.38 Å². The monoisotopic (exact) mass is 130 g/mol. The van der Waals surface area contributed by atoms with Crippen LogP contribution in [0.1, 0.15) is 13.3 Å². The Balaban J connectivity index is 3.46. The van der Waals surface area contributed by atoms with E-state index in [4.69, 9.17) is 11.6 Å². The minimum Gasteiger partial charge on any atom is -0.118 e. The molecule has 0 fully saturated rings. The Morgan fingerprint density at radius 1 is 1.88 bits per heavy atom. The molecule has 0 spiro atoms. The molecule has 0 aromatic carbocycles. The van der Waals surface area contributed by atoms with Gasteiger partial charge in [-0.3, -0.25) is 0 Å². The molecular weight excluding hydrogens is 120 g/mol. The van der Waals surface area contributed by atoms with Crippen LogP contribution in [0.15, 0.2) is 24.8 Å². The molecular formula is C7H11Cl. The summed E-state index contributed by atoms with van der Waals surface area (Å²) < 4.78 is 0. The molecule has 46 valence electrons. The van der Waals surface area contributed by atoms with E-state index >= 15 is 0 Å². The highest BCUT2D eigenvalue weighted by Crippen LogP contribution is 2.10. The Morgan fingerprint density at radius 3 is 2.50 bits per heavy atom. The highest BCUT2D eigenvalue weighted by Gasteiger charge is 1.99. The van der Waals surface area contributed by atoms with Gasteiger partial charge in [0.15, 0.2) is 0 Å². The molecule has 1 atom stereocenters. The quantitative estimate of drug-likeness (QED) is 0.407. The average Bonchev–Trinajstić information content (AvgIpc) is 1.67. The lowest BCUT2D eigenvalue weighted by molar-refractivity contribution is 0.995. The third-order valence-corrected chi connectivity index (χ3v) is 1.46. The molecule has 0 aromatic rings. The Labute approximate surface area is 55.9 Å². The Morgan fingerprint density at radius 2 is 2.38 bits per heavy atom. The van der Waals surface area contributed by atoms with Crippen LogP contribution in [0.5, 0.6) is 0 Å². The number of allylic oxidation sites excluding steroid dienone is 2. The third kappa shape index (κ3) is 2.86. The van der Waals surface area contributed by atoms with E-state index in [1.807, 2.05) is 6.92 Å². The molecule has 0 N–H and O–H groups in total. The Hall–Kier alpha value is -0.230. The van der Waals surface area contributed by atoms with Crippen molar-refractivity contribution in [3.8, 4) is 0 Å². The summed E-state index contributed by atoms with van der Waals surface area (Å²) in [5.74, 6) is 0. The topological polar surface area (TPSA) is 0 Å². The zero-order valence-corrected chi connectivity index (χ0v) is 5.91. The van der Waals surface area contributed by atoms with E-state index in [0.717, 1.165) is 12.0 Å². The minimum atomic E-state index is 0.0764. The lowest BCUT2D eigenvalue weighted by atomic mass is 10.2. The molecule has 1 unspecified atom stereocenters. The predicted molar refractivity (Wildman–Crippen MR) is 39.3 cm³/mol. The second kappa shape index (κ2) is 3.73. The summed E-state index contributed by atoms with van der Waals surface area (Å²) in [6.45, 7) is 9.17. The summed E-state index contributed by atoms with van der Waals surface area (Å²) in [6.07, 6.45) is 2.61. The van der Waals surface area contributed by atoms with Gasteiger partial charge < -0.3 is 0 Å². The summed E-state index contributed by atoms with van der Waals surface area (Å²) in [6, 6.07) is 0. The molecule has 0 aromatic heterocycles. The predicted octanol–water partition coefficient (Wildman–Crippen LogP) is 2.75.